The van der Waals surface area contributed by atoms with Gasteiger partial charge in [-0.3, -0.25) is 14.6 Å². The van der Waals surface area contributed by atoms with Crippen molar-refractivity contribution in [3.8, 4) is 0 Å². The van der Waals surface area contributed by atoms with Gasteiger partial charge in [0.25, 0.3) is 0 Å². The minimum atomic E-state index is -0.449. The largest absolute Gasteiger partial charge is 0.352 e. The molecule has 0 radical (unpaired) electrons. The van der Waals surface area contributed by atoms with Crippen LogP contribution >= 0.6 is 0 Å². The molecular weight excluding hydrogens is 374 g/mol. The Morgan fingerprint density at radius 3 is 2.43 bits per heavy atom. The van der Waals surface area contributed by atoms with E-state index in [0.717, 1.165) is 38.5 Å². The highest BCUT2D eigenvalue weighted by Crippen LogP contribution is 2.67. The molecule has 0 spiro atoms. The van der Waals surface area contributed by atoms with Gasteiger partial charge in [0.15, 0.2) is 0 Å². The molecule has 5 heteroatoms. The first-order valence-electron chi connectivity index (χ1n) is 12.0. The van der Waals surface area contributed by atoms with Gasteiger partial charge in [-0.05, 0) is 74.8 Å². The third-order valence-corrected chi connectivity index (χ3v) is 10.0. The highest BCUT2D eigenvalue weighted by Gasteiger charge is 2.66. The fourth-order valence-electron chi connectivity index (χ4n) is 8.09. The summed E-state index contributed by atoms with van der Waals surface area (Å²) < 4.78 is 0. The predicted octanol–water partition coefficient (Wildman–Crippen LogP) is 4.41. The van der Waals surface area contributed by atoms with E-state index in [1.54, 1.807) is 0 Å². The summed E-state index contributed by atoms with van der Waals surface area (Å²) in [6, 6.07) is 0.280. The molecule has 30 heavy (non-hydrogen) atoms. The van der Waals surface area contributed by atoms with Crippen LogP contribution in [-0.2, 0) is 9.59 Å². The minimum absolute atomic E-state index is 0.00555. The van der Waals surface area contributed by atoms with Gasteiger partial charge in [-0.1, -0.05) is 34.6 Å². The Labute approximate surface area is 182 Å². The number of likely N-dealkylation sites (tertiary alicyclic amines) is 1. The zero-order chi connectivity index (χ0) is 22.1. The maximum Gasteiger partial charge on any atom is 0.225 e. The topological polar surface area (TPSA) is 61.8 Å². The molecule has 1 saturated heterocycles. The first kappa shape index (κ1) is 21.8. The number of piperidine rings is 1. The van der Waals surface area contributed by atoms with Gasteiger partial charge in [0.2, 0.25) is 11.8 Å². The molecule has 0 aromatic heterocycles. The molecule has 4 aliphatic rings. The van der Waals surface area contributed by atoms with E-state index in [0.29, 0.717) is 24.2 Å². The van der Waals surface area contributed by atoms with Crippen molar-refractivity contribution < 1.29 is 9.59 Å². The summed E-state index contributed by atoms with van der Waals surface area (Å²) in [6.45, 7) is 14.8. The number of amides is 2. The fourth-order valence-corrected chi connectivity index (χ4v) is 8.09. The Morgan fingerprint density at radius 2 is 1.80 bits per heavy atom. The smallest absolute Gasteiger partial charge is 0.225 e. The van der Waals surface area contributed by atoms with Crippen LogP contribution < -0.4 is 5.32 Å². The molecule has 0 aromatic carbocycles. The van der Waals surface area contributed by atoms with Gasteiger partial charge in [0, 0.05) is 30.3 Å². The number of hydrogen-bond acceptors (Lipinski definition) is 3. The monoisotopic (exact) mass is 415 g/mol. The summed E-state index contributed by atoms with van der Waals surface area (Å²) in [5, 5.41) is 3.43. The predicted molar refractivity (Wildman–Crippen MR) is 120 cm³/mol. The zero-order valence-electron chi connectivity index (χ0n) is 19.9. The Hall–Kier alpha value is -1.39. The lowest BCUT2D eigenvalue weighted by Gasteiger charge is -2.65. The van der Waals surface area contributed by atoms with E-state index in [1.807, 2.05) is 32.7 Å². The highest BCUT2D eigenvalue weighted by molar-refractivity contribution is 5.81. The van der Waals surface area contributed by atoms with Crippen LogP contribution in [0.1, 0.15) is 86.0 Å². The molecule has 1 aliphatic heterocycles. The van der Waals surface area contributed by atoms with Crippen LogP contribution in [0.2, 0.25) is 0 Å². The third-order valence-electron chi connectivity index (χ3n) is 10.0. The van der Waals surface area contributed by atoms with Crippen molar-refractivity contribution in [3.63, 3.8) is 0 Å². The maximum atomic E-state index is 12.7. The molecule has 4 rings (SSSR count). The van der Waals surface area contributed by atoms with E-state index >= 15 is 0 Å². The van der Waals surface area contributed by atoms with Crippen LogP contribution in [0.4, 0.5) is 0 Å². The second kappa shape index (κ2) is 6.80. The van der Waals surface area contributed by atoms with E-state index in [1.165, 1.54) is 6.42 Å². The van der Waals surface area contributed by atoms with Crippen molar-refractivity contribution in [1.82, 2.24) is 10.2 Å². The standard InChI is InChI=1S/C25H41N3O2/c1-22(2,3)21(30)27-19-9-8-17-16-10-15-25(26-6)24(5,14-12-20(29)28(25)7)18(16)11-13-23(17,19)4/h16-19H,6,8-15H2,1-5,7H3,(H,27,30)/t16?,17?,18?,19?,23?,24?,25-/m1/s1. The van der Waals surface area contributed by atoms with E-state index < -0.39 is 5.66 Å². The minimum Gasteiger partial charge on any atom is -0.352 e. The van der Waals surface area contributed by atoms with Crippen molar-refractivity contribution in [2.45, 2.75) is 97.7 Å². The molecule has 168 valence electrons. The molecule has 3 saturated carbocycles. The van der Waals surface area contributed by atoms with Crippen LogP contribution in [0.3, 0.4) is 0 Å². The summed E-state index contributed by atoms with van der Waals surface area (Å²) in [5.74, 6) is 2.26. The number of fused-ring (bicyclic) bond motifs is 5. The maximum absolute atomic E-state index is 12.7. The SMILES string of the molecule is C=N[C@@]12CCC3C4CCC(NC(=O)C(C)(C)C)C4(C)CCC3C1(C)CCC(=O)N2C. The quantitative estimate of drug-likeness (QED) is 0.679. The van der Waals surface area contributed by atoms with Crippen LogP contribution in [0, 0.1) is 34.0 Å². The summed E-state index contributed by atoms with van der Waals surface area (Å²) in [4.78, 5) is 31.9. The van der Waals surface area contributed by atoms with Gasteiger partial charge < -0.3 is 10.2 Å². The summed E-state index contributed by atoms with van der Waals surface area (Å²) >= 11 is 0. The van der Waals surface area contributed by atoms with Crippen LogP contribution in [0.25, 0.3) is 0 Å². The number of carbonyl (C=O) groups excluding carboxylic acids is 2. The number of carbonyl (C=O) groups is 2. The average molecular weight is 416 g/mol. The molecule has 3 aliphatic carbocycles. The van der Waals surface area contributed by atoms with Crippen LogP contribution in [-0.4, -0.2) is 42.2 Å². The van der Waals surface area contributed by atoms with Crippen molar-refractivity contribution in [2.75, 3.05) is 7.05 Å². The first-order valence-corrected chi connectivity index (χ1v) is 12.0. The number of aliphatic imine (C=N–C) groups is 1. The molecule has 5 nitrogen and oxygen atoms in total. The Balaban J connectivity index is 1.61. The first-order chi connectivity index (χ1) is 13.9. The van der Waals surface area contributed by atoms with E-state index in [4.69, 9.17) is 0 Å². The number of rotatable bonds is 2. The van der Waals surface area contributed by atoms with Crippen molar-refractivity contribution in [1.29, 1.82) is 0 Å². The second-order valence-corrected chi connectivity index (χ2v) is 12.2. The number of hydrogen-bond donors (Lipinski definition) is 1. The van der Waals surface area contributed by atoms with Crippen LogP contribution in [0.5, 0.6) is 0 Å². The van der Waals surface area contributed by atoms with Crippen molar-refractivity contribution >= 4 is 18.5 Å². The highest BCUT2D eigenvalue weighted by atomic mass is 16.2. The van der Waals surface area contributed by atoms with E-state index in [-0.39, 0.29) is 34.1 Å². The van der Waals surface area contributed by atoms with Crippen molar-refractivity contribution in [2.24, 2.45) is 39.0 Å². The Kier molecular flexibility index (Phi) is 4.95. The zero-order valence-corrected chi connectivity index (χ0v) is 19.9. The van der Waals surface area contributed by atoms with Gasteiger partial charge in [0.1, 0.15) is 5.66 Å². The van der Waals surface area contributed by atoms with E-state index in [9.17, 15) is 9.59 Å². The Morgan fingerprint density at radius 1 is 1.10 bits per heavy atom. The molecular formula is C25H41N3O2. The summed E-state index contributed by atoms with van der Waals surface area (Å²) in [6.07, 6.45) is 8.17. The lowest BCUT2D eigenvalue weighted by molar-refractivity contribution is -0.182. The van der Waals surface area contributed by atoms with Gasteiger partial charge in [0.05, 0.1) is 0 Å². The van der Waals surface area contributed by atoms with E-state index in [2.05, 4.69) is 30.9 Å². The molecule has 1 N–H and O–H groups in total. The van der Waals surface area contributed by atoms with Gasteiger partial charge >= 0.3 is 0 Å². The molecule has 7 atom stereocenters. The average Bonchev–Trinajstić information content (AvgIpc) is 3.01. The summed E-state index contributed by atoms with van der Waals surface area (Å²) in [7, 11) is 1.94. The second-order valence-electron chi connectivity index (χ2n) is 12.2. The molecule has 6 unspecified atom stereocenters. The van der Waals surface area contributed by atoms with Gasteiger partial charge in [-0.15, -0.1) is 0 Å². The van der Waals surface area contributed by atoms with Crippen LogP contribution in [0.15, 0.2) is 4.99 Å². The molecule has 0 aromatic rings. The molecule has 4 fully saturated rings. The summed E-state index contributed by atoms with van der Waals surface area (Å²) in [5.41, 5.74) is -0.626. The number of nitrogens with one attached hydrogen (secondary N) is 1. The Bertz CT molecular complexity index is 758. The molecule has 0 bridgehead atoms. The fraction of sp³-hybridized carbons (Fsp3) is 0.880. The lowest BCUT2D eigenvalue weighted by atomic mass is 9.45. The normalized spacial score (nSPS) is 45.9. The lowest BCUT2D eigenvalue weighted by Crippen LogP contribution is -2.68. The van der Waals surface area contributed by atoms with Gasteiger partial charge in [-0.2, -0.15) is 0 Å². The molecule has 2 amide bonds. The molecule has 1 heterocycles. The van der Waals surface area contributed by atoms with Gasteiger partial charge in [-0.25, -0.2) is 0 Å². The van der Waals surface area contributed by atoms with Crippen molar-refractivity contribution in [3.05, 3.63) is 0 Å². The number of nitrogens with zero attached hydrogens (tertiary/aromatic N) is 2. The third kappa shape index (κ3) is 2.75.